The maximum Gasteiger partial charge on any atom is 0.305 e. The minimum Gasteiger partial charge on any atom is -0.493 e. The van der Waals surface area contributed by atoms with Crippen LogP contribution in [-0.2, 0) is 0 Å². The van der Waals surface area contributed by atoms with Crippen LogP contribution in [-0.4, -0.2) is 25.5 Å². The van der Waals surface area contributed by atoms with Crippen molar-refractivity contribution in [3.63, 3.8) is 0 Å². The molecule has 24 heavy (non-hydrogen) atoms. The quantitative estimate of drug-likeness (QED) is 0.732. The van der Waals surface area contributed by atoms with Crippen LogP contribution in [0.3, 0.4) is 0 Å². The van der Waals surface area contributed by atoms with Gasteiger partial charge < -0.3 is 13.9 Å². The van der Waals surface area contributed by atoms with Crippen LogP contribution in [0.15, 0.2) is 39.4 Å². The van der Waals surface area contributed by atoms with Gasteiger partial charge in [-0.25, -0.2) is 0 Å². The van der Waals surface area contributed by atoms with Crippen molar-refractivity contribution in [2.75, 3.05) is 13.7 Å². The summed E-state index contributed by atoms with van der Waals surface area (Å²) < 4.78 is 16.3. The van der Waals surface area contributed by atoms with Gasteiger partial charge in [-0.05, 0) is 52.7 Å². The van der Waals surface area contributed by atoms with Crippen LogP contribution < -0.4 is 20.3 Å². The van der Waals surface area contributed by atoms with Crippen LogP contribution in [0.1, 0.15) is 34.3 Å². The SMILES string of the molecule is CCCOc1ccc(C(=O)NNC(=O)c2ccc(Br)o2)cc1OC. The molecule has 0 radical (unpaired) electrons. The van der Waals surface area contributed by atoms with Gasteiger partial charge in [0.05, 0.1) is 13.7 Å². The lowest BCUT2D eigenvalue weighted by atomic mass is 10.2. The second kappa shape index (κ2) is 8.39. The zero-order valence-corrected chi connectivity index (χ0v) is 14.8. The molecule has 0 unspecified atom stereocenters. The van der Waals surface area contributed by atoms with Crippen molar-refractivity contribution >= 4 is 27.7 Å². The summed E-state index contributed by atoms with van der Waals surface area (Å²) in [6.45, 7) is 2.55. The van der Waals surface area contributed by atoms with E-state index in [1.54, 1.807) is 18.2 Å². The molecule has 2 rings (SSSR count). The highest BCUT2D eigenvalue weighted by atomic mass is 79.9. The molecular weight excluding hydrogens is 380 g/mol. The van der Waals surface area contributed by atoms with Crippen molar-refractivity contribution in [3.8, 4) is 11.5 Å². The summed E-state index contributed by atoms with van der Waals surface area (Å²) in [5.74, 6) is 0.0130. The number of benzene rings is 1. The van der Waals surface area contributed by atoms with E-state index in [1.807, 2.05) is 6.92 Å². The van der Waals surface area contributed by atoms with Gasteiger partial charge in [0.15, 0.2) is 21.9 Å². The number of hydrazine groups is 1. The van der Waals surface area contributed by atoms with E-state index in [-0.39, 0.29) is 5.76 Å². The first-order chi connectivity index (χ1) is 11.5. The van der Waals surface area contributed by atoms with Crippen molar-refractivity contribution in [3.05, 3.63) is 46.3 Å². The summed E-state index contributed by atoms with van der Waals surface area (Å²) in [6, 6.07) is 7.83. The van der Waals surface area contributed by atoms with Gasteiger partial charge in [0, 0.05) is 5.56 Å². The molecule has 0 saturated carbocycles. The van der Waals surface area contributed by atoms with Gasteiger partial charge in [-0.1, -0.05) is 6.92 Å². The monoisotopic (exact) mass is 396 g/mol. The molecule has 2 aromatic rings. The van der Waals surface area contributed by atoms with Crippen LogP contribution in [0.25, 0.3) is 0 Å². The topological polar surface area (TPSA) is 89.8 Å². The predicted octanol–water partition coefficient (Wildman–Crippen LogP) is 2.91. The molecule has 1 aromatic carbocycles. The van der Waals surface area contributed by atoms with Gasteiger partial charge in [0.1, 0.15) is 0 Å². The third-order valence-corrected chi connectivity index (χ3v) is 3.40. The van der Waals surface area contributed by atoms with E-state index in [2.05, 4.69) is 26.8 Å². The molecule has 0 aliphatic carbocycles. The third-order valence-electron chi connectivity index (χ3n) is 2.97. The van der Waals surface area contributed by atoms with Crippen LogP contribution >= 0.6 is 15.9 Å². The summed E-state index contributed by atoms with van der Waals surface area (Å²) in [4.78, 5) is 23.9. The number of methoxy groups -OCH3 is 1. The Labute approximate surface area is 147 Å². The highest BCUT2D eigenvalue weighted by molar-refractivity contribution is 9.10. The Bertz CT molecular complexity index is 729. The van der Waals surface area contributed by atoms with Gasteiger partial charge >= 0.3 is 5.91 Å². The first-order valence-electron chi connectivity index (χ1n) is 7.22. The molecule has 128 valence electrons. The van der Waals surface area contributed by atoms with E-state index in [1.165, 1.54) is 19.2 Å². The van der Waals surface area contributed by atoms with E-state index >= 15 is 0 Å². The molecule has 8 heteroatoms. The van der Waals surface area contributed by atoms with Crippen molar-refractivity contribution in [2.45, 2.75) is 13.3 Å². The Balaban J connectivity index is 2.00. The number of hydrogen-bond acceptors (Lipinski definition) is 5. The highest BCUT2D eigenvalue weighted by Gasteiger charge is 2.14. The lowest BCUT2D eigenvalue weighted by Gasteiger charge is -2.12. The Morgan fingerprint density at radius 1 is 1.12 bits per heavy atom. The van der Waals surface area contributed by atoms with Crippen molar-refractivity contribution in [1.82, 2.24) is 10.9 Å². The molecule has 0 aliphatic heterocycles. The Morgan fingerprint density at radius 2 is 1.88 bits per heavy atom. The number of hydrogen-bond donors (Lipinski definition) is 2. The maximum atomic E-state index is 12.1. The van der Waals surface area contributed by atoms with E-state index < -0.39 is 11.8 Å². The molecule has 0 aliphatic rings. The number of ether oxygens (including phenoxy) is 2. The number of rotatable bonds is 6. The highest BCUT2D eigenvalue weighted by Crippen LogP contribution is 2.28. The van der Waals surface area contributed by atoms with E-state index in [4.69, 9.17) is 13.9 Å². The lowest BCUT2D eigenvalue weighted by Crippen LogP contribution is -2.41. The smallest absolute Gasteiger partial charge is 0.305 e. The Hall–Kier alpha value is -2.48. The standard InChI is InChI=1S/C16H17BrN2O5/c1-3-8-23-11-5-4-10(9-13(11)22-2)15(20)18-19-16(21)12-6-7-14(17)24-12/h4-7,9H,3,8H2,1-2H3,(H,18,20)(H,19,21). The second-order valence-electron chi connectivity index (χ2n) is 4.73. The number of halogens is 1. The van der Waals surface area contributed by atoms with E-state index in [0.717, 1.165) is 6.42 Å². The fourth-order valence-corrected chi connectivity index (χ4v) is 2.13. The molecule has 0 saturated heterocycles. The van der Waals surface area contributed by atoms with Gasteiger partial charge in [-0.3, -0.25) is 20.4 Å². The molecule has 1 aromatic heterocycles. The summed E-state index contributed by atoms with van der Waals surface area (Å²) >= 11 is 3.10. The fraction of sp³-hybridized carbons (Fsp3) is 0.250. The zero-order chi connectivity index (χ0) is 17.5. The largest absolute Gasteiger partial charge is 0.493 e. The summed E-state index contributed by atoms with van der Waals surface area (Å²) in [5.41, 5.74) is 4.90. The first-order valence-corrected chi connectivity index (χ1v) is 8.01. The maximum absolute atomic E-state index is 12.1. The summed E-state index contributed by atoms with van der Waals surface area (Å²) in [5, 5.41) is 0. The summed E-state index contributed by atoms with van der Waals surface area (Å²) in [7, 11) is 1.49. The van der Waals surface area contributed by atoms with Crippen LogP contribution in [0.5, 0.6) is 11.5 Å². The third kappa shape index (κ3) is 4.51. The van der Waals surface area contributed by atoms with E-state index in [9.17, 15) is 9.59 Å². The molecule has 2 N–H and O–H groups in total. The number of carbonyl (C=O) groups excluding carboxylic acids is 2. The van der Waals surface area contributed by atoms with Crippen molar-refractivity contribution in [1.29, 1.82) is 0 Å². The van der Waals surface area contributed by atoms with E-state index in [0.29, 0.717) is 28.3 Å². The summed E-state index contributed by atoms with van der Waals surface area (Å²) in [6.07, 6.45) is 0.861. The van der Waals surface area contributed by atoms with Crippen molar-refractivity contribution < 1.29 is 23.5 Å². The first kappa shape index (κ1) is 17.9. The molecule has 7 nitrogen and oxygen atoms in total. The molecule has 0 bridgehead atoms. The number of amides is 2. The average molecular weight is 397 g/mol. The van der Waals surface area contributed by atoms with Crippen LogP contribution in [0.2, 0.25) is 0 Å². The van der Waals surface area contributed by atoms with Gasteiger partial charge in [0.25, 0.3) is 5.91 Å². The van der Waals surface area contributed by atoms with Gasteiger partial charge in [0.2, 0.25) is 0 Å². The fourth-order valence-electron chi connectivity index (χ4n) is 1.82. The second-order valence-corrected chi connectivity index (χ2v) is 5.51. The normalized spacial score (nSPS) is 10.1. The number of furan rings is 1. The minimum absolute atomic E-state index is 0.0723. The molecular formula is C16H17BrN2O5. The van der Waals surface area contributed by atoms with Crippen molar-refractivity contribution in [2.24, 2.45) is 0 Å². The lowest BCUT2D eigenvalue weighted by molar-refractivity contribution is 0.0830. The minimum atomic E-state index is -0.566. The molecule has 0 spiro atoms. The molecule has 0 atom stereocenters. The Kier molecular flexibility index (Phi) is 6.25. The molecule has 2 amide bonds. The predicted molar refractivity (Wildman–Crippen MR) is 90.1 cm³/mol. The van der Waals surface area contributed by atoms with Gasteiger partial charge in [-0.2, -0.15) is 0 Å². The molecule has 0 fully saturated rings. The van der Waals surface area contributed by atoms with Crippen LogP contribution in [0.4, 0.5) is 0 Å². The number of carbonyl (C=O) groups is 2. The number of nitrogens with one attached hydrogen (secondary N) is 2. The Morgan fingerprint density at radius 3 is 2.50 bits per heavy atom. The van der Waals surface area contributed by atoms with Gasteiger partial charge in [-0.15, -0.1) is 0 Å². The van der Waals surface area contributed by atoms with Crippen LogP contribution in [0, 0.1) is 0 Å². The zero-order valence-electron chi connectivity index (χ0n) is 13.2. The molecule has 1 heterocycles. The average Bonchev–Trinajstić information content (AvgIpc) is 3.03.